The summed E-state index contributed by atoms with van der Waals surface area (Å²) in [5.41, 5.74) is -0.536. The van der Waals surface area contributed by atoms with E-state index in [0.717, 1.165) is 22.5 Å². The lowest BCUT2D eigenvalue weighted by molar-refractivity contribution is -0.137. The maximum absolute atomic E-state index is 13.1. The van der Waals surface area contributed by atoms with Gasteiger partial charge in [0.15, 0.2) is 0 Å². The average Bonchev–Trinajstić information content (AvgIpc) is 2.85. The van der Waals surface area contributed by atoms with Gasteiger partial charge in [0.1, 0.15) is 16.7 Å². The Morgan fingerprint density at radius 1 is 1.00 bits per heavy atom. The lowest BCUT2D eigenvalue weighted by Crippen LogP contribution is -2.49. The molecule has 1 amide bonds. The lowest BCUT2D eigenvalue weighted by Gasteiger charge is -2.35. The molecule has 0 bridgehead atoms. The summed E-state index contributed by atoms with van der Waals surface area (Å²) in [6.07, 6.45) is -4.60. The highest BCUT2D eigenvalue weighted by atomic mass is 35.5. The van der Waals surface area contributed by atoms with E-state index in [2.05, 4.69) is 10.3 Å². The number of rotatable bonds is 5. The normalized spacial score (nSPS) is 15.1. The minimum atomic E-state index is -4.60. The Morgan fingerprint density at radius 3 is 2.28 bits per heavy atom. The molecule has 0 saturated carbocycles. The van der Waals surface area contributed by atoms with E-state index in [-0.39, 0.29) is 47.7 Å². The zero-order valence-corrected chi connectivity index (χ0v) is 20.1. The number of phenols is 1. The molecule has 2 N–H and O–H groups in total. The second-order valence-corrected chi connectivity index (χ2v) is 10.2. The van der Waals surface area contributed by atoms with E-state index in [0.29, 0.717) is 5.56 Å². The zero-order chi connectivity index (χ0) is 26.1. The molecule has 36 heavy (non-hydrogen) atoms. The van der Waals surface area contributed by atoms with Gasteiger partial charge in [0.25, 0.3) is 5.91 Å². The zero-order valence-electron chi connectivity index (χ0n) is 18.5. The first kappa shape index (κ1) is 25.7. The topological polar surface area (TPSA) is 103 Å². The number of alkyl halides is 3. The summed E-state index contributed by atoms with van der Waals surface area (Å²) in [7, 11) is -4.02. The number of hydrogen-bond donors (Lipinski definition) is 2. The fourth-order valence-corrected chi connectivity index (χ4v) is 5.32. The Bertz CT molecular complexity index is 1380. The van der Waals surface area contributed by atoms with Crippen LogP contribution in [0.2, 0.25) is 5.15 Å². The van der Waals surface area contributed by atoms with Gasteiger partial charge in [-0.15, -0.1) is 0 Å². The molecule has 13 heteroatoms. The molecule has 1 fully saturated rings. The Hall–Kier alpha value is -3.35. The molecule has 0 atom stereocenters. The highest BCUT2D eigenvalue weighted by molar-refractivity contribution is 7.89. The molecule has 1 aliphatic rings. The molecule has 0 radical (unpaired) electrons. The number of nitrogens with one attached hydrogen (secondary N) is 1. The highest BCUT2D eigenvalue weighted by Crippen LogP contribution is 2.33. The van der Waals surface area contributed by atoms with Gasteiger partial charge in [-0.2, -0.15) is 17.5 Å². The maximum Gasteiger partial charge on any atom is 0.416 e. The van der Waals surface area contributed by atoms with Crippen LogP contribution in [0.1, 0.15) is 15.9 Å². The molecule has 4 rings (SSSR count). The Balaban J connectivity index is 1.46. The summed E-state index contributed by atoms with van der Waals surface area (Å²) in [5.74, 6) is -0.897. The predicted octanol–water partition coefficient (Wildman–Crippen LogP) is 4.22. The second-order valence-electron chi connectivity index (χ2n) is 7.92. The van der Waals surface area contributed by atoms with Gasteiger partial charge in [-0.05, 0) is 36.4 Å². The van der Waals surface area contributed by atoms with Crippen molar-refractivity contribution in [2.75, 3.05) is 36.4 Å². The number of amides is 1. The van der Waals surface area contributed by atoms with Crippen LogP contribution < -0.4 is 10.2 Å². The van der Waals surface area contributed by atoms with Crippen molar-refractivity contribution in [2.45, 2.75) is 11.1 Å². The first-order valence-electron chi connectivity index (χ1n) is 10.6. The molecule has 1 aliphatic heterocycles. The predicted molar refractivity (Wildman–Crippen MR) is 128 cm³/mol. The number of anilines is 2. The number of piperazine rings is 1. The average molecular weight is 541 g/mol. The highest BCUT2D eigenvalue weighted by Gasteiger charge is 2.34. The number of benzene rings is 2. The molecule has 1 saturated heterocycles. The number of hydrogen-bond acceptors (Lipinski definition) is 6. The third-order valence-electron chi connectivity index (χ3n) is 5.56. The van der Waals surface area contributed by atoms with Crippen molar-refractivity contribution in [2.24, 2.45) is 0 Å². The monoisotopic (exact) mass is 540 g/mol. The standard InChI is InChI=1S/C23H20ClF3N4O4S/c24-20-12-16(23(25,26)27)13-21(29-20)30-8-10-31(11-9-30)36(34,35)17-6-7-18(19(32)14-17)28-22(33)15-4-2-1-3-5-15/h1-7,12-14,32H,8-11H2,(H,28,33). The van der Waals surface area contributed by atoms with Crippen molar-refractivity contribution in [3.63, 3.8) is 0 Å². The fourth-order valence-electron chi connectivity index (χ4n) is 3.68. The molecule has 2 heterocycles. The SMILES string of the molecule is O=C(Nc1ccc(S(=O)(=O)N2CCN(c3cc(C(F)(F)F)cc(Cl)n3)CC2)cc1O)c1ccccc1. The summed E-state index contributed by atoms with van der Waals surface area (Å²) >= 11 is 5.76. The van der Waals surface area contributed by atoms with Crippen molar-refractivity contribution < 1.29 is 31.5 Å². The second kappa shape index (κ2) is 9.96. The molecule has 190 valence electrons. The van der Waals surface area contributed by atoms with Crippen LogP contribution in [-0.2, 0) is 16.2 Å². The van der Waals surface area contributed by atoms with Crippen molar-refractivity contribution in [1.29, 1.82) is 0 Å². The van der Waals surface area contributed by atoms with Crippen LogP contribution in [0, 0.1) is 0 Å². The van der Waals surface area contributed by atoms with Crippen LogP contribution >= 0.6 is 11.6 Å². The third kappa shape index (κ3) is 5.55. The molecule has 3 aromatic rings. The summed E-state index contributed by atoms with van der Waals surface area (Å²) in [6, 6.07) is 13.5. The maximum atomic E-state index is 13.1. The van der Waals surface area contributed by atoms with Crippen molar-refractivity contribution in [3.8, 4) is 5.75 Å². The van der Waals surface area contributed by atoms with Crippen molar-refractivity contribution in [3.05, 3.63) is 76.9 Å². The third-order valence-corrected chi connectivity index (χ3v) is 7.65. The number of aromatic hydroxyl groups is 1. The number of pyridine rings is 1. The number of nitrogens with zero attached hydrogens (tertiary/aromatic N) is 3. The Kier molecular flexibility index (Phi) is 7.12. The number of halogens is 4. The summed E-state index contributed by atoms with van der Waals surface area (Å²) in [5, 5.41) is 12.6. The van der Waals surface area contributed by atoms with E-state index in [1.807, 2.05) is 0 Å². The van der Waals surface area contributed by atoms with Gasteiger partial charge >= 0.3 is 6.18 Å². The number of carbonyl (C=O) groups is 1. The minimum absolute atomic E-state index is 0.00280. The number of sulfonamides is 1. The smallest absolute Gasteiger partial charge is 0.416 e. The van der Waals surface area contributed by atoms with E-state index in [1.165, 1.54) is 17.0 Å². The largest absolute Gasteiger partial charge is 0.506 e. The van der Waals surface area contributed by atoms with Crippen LogP contribution in [0.25, 0.3) is 0 Å². The summed E-state index contributed by atoms with van der Waals surface area (Å²) in [6.45, 7) is 0.123. The number of phenolic OH excluding ortho intramolecular Hbond substituents is 1. The van der Waals surface area contributed by atoms with Gasteiger partial charge in [0.05, 0.1) is 16.1 Å². The molecule has 0 aliphatic carbocycles. The fraction of sp³-hybridized carbons (Fsp3) is 0.217. The van der Waals surface area contributed by atoms with Crippen molar-refractivity contribution in [1.82, 2.24) is 9.29 Å². The lowest BCUT2D eigenvalue weighted by atomic mass is 10.2. The van der Waals surface area contributed by atoms with Crippen LogP contribution in [0.15, 0.2) is 65.6 Å². The van der Waals surface area contributed by atoms with Crippen LogP contribution in [-0.4, -0.2) is 54.9 Å². The minimum Gasteiger partial charge on any atom is -0.506 e. The number of carbonyl (C=O) groups excluding carboxylic acids is 1. The van der Waals surface area contributed by atoms with Gasteiger partial charge in [-0.3, -0.25) is 4.79 Å². The van der Waals surface area contributed by atoms with Gasteiger partial charge in [0, 0.05) is 37.8 Å². The van der Waals surface area contributed by atoms with Crippen LogP contribution in [0.5, 0.6) is 5.75 Å². The molecule has 1 aromatic heterocycles. The first-order valence-corrected chi connectivity index (χ1v) is 12.5. The quantitative estimate of drug-likeness (QED) is 0.371. The van der Waals surface area contributed by atoms with Crippen LogP contribution in [0.4, 0.5) is 24.7 Å². The van der Waals surface area contributed by atoms with Crippen molar-refractivity contribution >= 4 is 39.0 Å². The molecular formula is C23H20ClF3N4O4S. The van der Waals surface area contributed by atoms with E-state index >= 15 is 0 Å². The van der Waals surface area contributed by atoms with Gasteiger partial charge in [0.2, 0.25) is 10.0 Å². The van der Waals surface area contributed by atoms with Gasteiger partial charge < -0.3 is 15.3 Å². The van der Waals surface area contributed by atoms with Gasteiger partial charge in [-0.1, -0.05) is 29.8 Å². The van der Waals surface area contributed by atoms with Gasteiger partial charge in [-0.25, -0.2) is 13.4 Å². The van der Waals surface area contributed by atoms with Crippen LogP contribution in [0.3, 0.4) is 0 Å². The molecule has 0 unspecified atom stereocenters. The number of aromatic nitrogens is 1. The van der Waals surface area contributed by atoms with E-state index in [1.54, 1.807) is 30.3 Å². The molecule has 2 aromatic carbocycles. The van der Waals surface area contributed by atoms with E-state index < -0.39 is 33.4 Å². The van der Waals surface area contributed by atoms with E-state index in [4.69, 9.17) is 11.6 Å². The molecule has 8 nitrogen and oxygen atoms in total. The molecular weight excluding hydrogens is 521 g/mol. The first-order chi connectivity index (χ1) is 16.9. The van der Waals surface area contributed by atoms with E-state index in [9.17, 15) is 31.5 Å². The molecule has 0 spiro atoms. The summed E-state index contributed by atoms with van der Waals surface area (Å²) < 4.78 is 66.7. The Morgan fingerprint density at radius 2 is 1.67 bits per heavy atom. The summed E-state index contributed by atoms with van der Waals surface area (Å²) in [4.78, 5) is 17.6. The Labute approximate surface area is 210 Å².